The Morgan fingerprint density at radius 1 is 1.50 bits per heavy atom. The topological polar surface area (TPSA) is 92.9 Å². The number of benzene rings is 1. The van der Waals surface area contributed by atoms with Crippen LogP contribution in [0.4, 0.5) is 10.1 Å². The second-order valence-electron chi connectivity index (χ2n) is 3.93. The number of aliphatic hydroxyl groups is 1. The molecule has 8 heteroatoms. The highest BCUT2D eigenvalue weighted by Gasteiger charge is 2.21. The molecule has 0 atom stereocenters. The number of halogens is 1. The van der Waals surface area contributed by atoms with Crippen LogP contribution in [0.25, 0.3) is 0 Å². The zero-order valence-electron chi connectivity index (χ0n) is 10.9. The van der Waals surface area contributed by atoms with Crippen molar-refractivity contribution in [2.24, 2.45) is 0 Å². The summed E-state index contributed by atoms with van der Waals surface area (Å²) in [5.74, 6) is -1.57. The van der Waals surface area contributed by atoms with Gasteiger partial charge in [-0.2, -0.15) is 0 Å². The molecule has 1 rings (SSSR count). The van der Waals surface area contributed by atoms with Gasteiger partial charge in [-0.1, -0.05) is 0 Å². The first-order valence-electron chi connectivity index (χ1n) is 5.84. The van der Waals surface area contributed by atoms with Crippen LogP contribution in [0.5, 0.6) is 0 Å². The van der Waals surface area contributed by atoms with E-state index in [4.69, 9.17) is 9.84 Å². The summed E-state index contributed by atoms with van der Waals surface area (Å²) >= 11 is 0. The molecule has 1 N–H and O–H groups in total. The summed E-state index contributed by atoms with van der Waals surface area (Å²) in [7, 11) is 1.44. The number of non-ortho nitro benzene ring substituents is 1. The lowest BCUT2D eigenvalue weighted by molar-refractivity contribution is -0.384. The standard InChI is InChI=1S/C12H15FN2O5/c1-20-7-5-14(4-6-16)12(17)10-8-9(15(18)19)2-3-11(10)13/h2-3,8,16H,4-7H2,1H3. The summed E-state index contributed by atoms with van der Waals surface area (Å²) in [5.41, 5.74) is -0.769. The molecule has 0 spiro atoms. The highest BCUT2D eigenvalue weighted by molar-refractivity contribution is 5.95. The van der Waals surface area contributed by atoms with Crippen molar-refractivity contribution in [1.82, 2.24) is 4.90 Å². The van der Waals surface area contributed by atoms with E-state index in [-0.39, 0.29) is 32.0 Å². The van der Waals surface area contributed by atoms with Gasteiger partial charge in [0.2, 0.25) is 0 Å². The van der Waals surface area contributed by atoms with E-state index in [0.717, 1.165) is 18.2 Å². The first-order valence-corrected chi connectivity index (χ1v) is 5.84. The summed E-state index contributed by atoms with van der Waals surface area (Å²) in [6.07, 6.45) is 0. The number of hydrogen-bond acceptors (Lipinski definition) is 5. The van der Waals surface area contributed by atoms with Gasteiger partial charge >= 0.3 is 0 Å². The van der Waals surface area contributed by atoms with Crippen molar-refractivity contribution in [3.05, 3.63) is 39.7 Å². The fourth-order valence-corrected chi connectivity index (χ4v) is 1.60. The first kappa shape index (κ1) is 16.0. The van der Waals surface area contributed by atoms with Gasteiger partial charge in [-0.15, -0.1) is 0 Å². The molecule has 1 aromatic carbocycles. The molecule has 7 nitrogen and oxygen atoms in total. The number of methoxy groups -OCH3 is 1. The molecule has 0 aliphatic carbocycles. The predicted molar refractivity (Wildman–Crippen MR) is 67.9 cm³/mol. The number of hydrogen-bond donors (Lipinski definition) is 1. The van der Waals surface area contributed by atoms with Crippen molar-refractivity contribution in [2.45, 2.75) is 0 Å². The largest absolute Gasteiger partial charge is 0.395 e. The number of nitrogens with zero attached hydrogens (tertiary/aromatic N) is 2. The maximum atomic E-state index is 13.6. The van der Waals surface area contributed by atoms with E-state index >= 15 is 0 Å². The minimum absolute atomic E-state index is 0.00960. The quantitative estimate of drug-likeness (QED) is 0.591. The molecule has 0 saturated heterocycles. The Balaban J connectivity index is 3.03. The van der Waals surface area contributed by atoms with E-state index in [9.17, 15) is 19.3 Å². The Morgan fingerprint density at radius 2 is 2.20 bits per heavy atom. The number of aliphatic hydroxyl groups excluding tert-OH is 1. The normalized spacial score (nSPS) is 10.3. The van der Waals surface area contributed by atoms with Gasteiger partial charge in [0, 0.05) is 32.3 Å². The molecule has 0 radical (unpaired) electrons. The SMILES string of the molecule is COCCN(CCO)C(=O)c1cc([N+](=O)[O-])ccc1F. The van der Waals surface area contributed by atoms with Crippen LogP contribution in [0.15, 0.2) is 18.2 Å². The van der Waals surface area contributed by atoms with Crippen molar-refractivity contribution < 1.29 is 24.0 Å². The molecule has 110 valence electrons. The molecule has 20 heavy (non-hydrogen) atoms. The monoisotopic (exact) mass is 286 g/mol. The van der Waals surface area contributed by atoms with Gasteiger partial charge in [0.15, 0.2) is 0 Å². The maximum Gasteiger partial charge on any atom is 0.270 e. The number of nitro benzene ring substituents is 1. The lowest BCUT2D eigenvalue weighted by Gasteiger charge is -2.21. The number of carbonyl (C=O) groups excluding carboxylic acids is 1. The highest BCUT2D eigenvalue weighted by Crippen LogP contribution is 2.18. The third-order valence-corrected chi connectivity index (χ3v) is 2.61. The van der Waals surface area contributed by atoms with Gasteiger partial charge in [0.25, 0.3) is 11.6 Å². The average Bonchev–Trinajstić information content (AvgIpc) is 2.43. The number of carbonyl (C=O) groups is 1. The van der Waals surface area contributed by atoms with Crippen LogP contribution in [-0.4, -0.2) is 54.3 Å². The minimum atomic E-state index is -0.846. The minimum Gasteiger partial charge on any atom is -0.395 e. The summed E-state index contributed by atoms with van der Waals surface area (Å²) < 4.78 is 18.5. The second-order valence-corrected chi connectivity index (χ2v) is 3.93. The Bertz CT molecular complexity index is 495. The predicted octanol–water partition coefficient (Wildman–Crippen LogP) is 0.815. The number of nitro groups is 1. The van der Waals surface area contributed by atoms with Crippen LogP contribution in [-0.2, 0) is 4.74 Å². The zero-order valence-corrected chi connectivity index (χ0v) is 10.9. The van der Waals surface area contributed by atoms with Crippen molar-refractivity contribution in [3.8, 4) is 0 Å². The van der Waals surface area contributed by atoms with Gasteiger partial charge in [0.05, 0.1) is 23.7 Å². The molecule has 0 aliphatic rings. The summed E-state index contributed by atoms with van der Waals surface area (Å²) in [6, 6.07) is 2.74. The van der Waals surface area contributed by atoms with Crippen LogP contribution in [0.3, 0.4) is 0 Å². The third kappa shape index (κ3) is 3.97. The van der Waals surface area contributed by atoms with Gasteiger partial charge in [-0.05, 0) is 6.07 Å². The summed E-state index contributed by atoms with van der Waals surface area (Å²) in [6.45, 7) is 0.0522. The van der Waals surface area contributed by atoms with E-state index < -0.39 is 22.2 Å². The van der Waals surface area contributed by atoms with Crippen molar-refractivity contribution in [3.63, 3.8) is 0 Å². The Kier molecular flexibility index (Phi) is 6.01. The lowest BCUT2D eigenvalue weighted by Crippen LogP contribution is -2.36. The number of ether oxygens (including phenoxy) is 1. The summed E-state index contributed by atoms with van der Waals surface area (Å²) in [4.78, 5) is 23.3. The van der Waals surface area contributed by atoms with E-state index in [2.05, 4.69) is 0 Å². The number of amides is 1. The Morgan fingerprint density at radius 3 is 2.75 bits per heavy atom. The van der Waals surface area contributed by atoms with Crippen LogP contribution >= 0.6 is 0 Å². The van der Waals surface area contributed by atoms with E-state index in [1.807, 2.05) is 0 Å². The molecule has 0 bridgehead atoms. The molecule has 0 aromatic heterocycles. The van der Waals surface area contributed by atoms with E-state index in [1.54, 1.807) is 0 Å². The molecule has 0 aliphatic heterocycles. The van der Waals surface area contributed by atoms with E-state index in [1.165, 1.54) is 12.0 Å². The third-order valence-electron chi connectivity index (χ3n) is 2.61. The van der Waals surface area contributed by atoms with Gasteiger partial charge in [-0.25, -0.2) is 4.39 Å². The van der Waals surface area contributed by atoms with Crippen LogP contribution in [0, 0.1) is 15.9 Å². The highest BCUT2D eigenvalue weighted by atomic mass is 19.1. The van der Waals surface area contributed by atoms with Crippen molar-refractivity contribution in [1.29, 1.82) is 0 Å². The lowest BCUT2D eigenvalue weighted by atomic mass is 10.1. The van der Waals surface area contributed by atoms with Gasteiger partial charge < -0.3 is 14.7 Å². The smallest absolute Gasteiger partial charge is 0.270 e. The maximum absolute atomic E-state index is 13.6. The van der Waals surface area contributed by atoms with Crippen LogP contribution in [0.1, 0.15) is 10.4 Å². The van der Waals surface area contributed by atoms with Crippen molar-refractivity contribution >= 4 is 11.6 Å². The van der Waals surface area contributed by atoms with Gasteiger partial charge in [0.1, 0.15) is 5.82 Å². The first-order chi connectivity index (χ1) is 9.51. The Hall–Kier alpha value is -2.06. The van der Waals surface area contributed by atoms with E-state index in [0.29, 0.717) is 0 Å². The second kappa shape index (κ2) is 7.51. The fourth-order valence-electron chi connectivity index (χ4n) is 1.60. The summed E-state index contributed by atoms with van der Waals surface area (Å²) in [5, 5.41) is 19.6. The zero-order chi connectivity index (χ0) is 15.1. The van der Waals surface area contributed by atoms with Crippen LogP contribution < -0.4 is 0 Å². The van der Waals surface area contributed by atoms with Crippen LogP contribution in [0.2, 0.25) is 0 Å². The molecular weight excluding hydrogens is 271 g/mol. The molecule has 0 heterocycles. The molecule has 1 amide bonds. The molecule has 0 fully saturated rings. The average molecular weight is 286 g/mol. The molecular formula is C12H15FN2O5. The number of rotatable bonds is 7. The van der Waals surface area contributed by atoms with Gasteiger partial charge in [-0.3, -0.25) is 14.9 Å². The Labute approximate surface area is 114 Å². The molecule has 0 saturated carbocycles. The fraction of sp³-hybridized carbons (Fsp3) is 0.417. The molecule has 0 unspecified atom stereocenters. The van der Waals surface area contributed by atoms with Crippen molar-refractivity contribution in [2.75, 3.05) is 33.4 Å². The molecule has 1 aromatic rings.